The van der Waals surface area contributed by atoms with Crippen molar-refractivity contribution >= 4 is 29.1 Å². The maximum Gasteiger partial charge on any atom is 0.225 e. The lowest BCUT2D eigenvalue weighted by atomic mass is 10.1. The number of amides is 1. The van der Waals surface area contributed by atoms with Crippen LogP contribution in [0.2, 0.25) is 10.0 Å². The van der Waals surface area contributed by atoms with E-state index in [2.05, 4.69) is 0 Å². The Kier molecular flexibility index (Phi) is 5.49. The van der Waals surface area contributed by atoms with Crippen LogP contribution in [0.15, 0.2) is 18.2 Å². The van der Waals surface area contributed by atoms with E-state index in [9.17, 15) is 15.0 Å². The predicted octanol–water partition coefficient (Wildman–Crippen LogP) is 2.65. The van der Waals surface area contributed by atoms with Crippen molar-refractivity contribution < 1.29 is 15.0 Å². The molecule has 1 fully saturated rings. The highest BCUT2D eigenvalue weighted by Gasteiger charge is 2.31. The van der Waals surface area contributed by atoms with Crippen LogP contribution in [0, 0.1) is 5.92 Å². The summed E-state index contributed by atoms with van der Waals surface area (Å²) in [6, 6.07) is 4.74. The van der Waals surface area contributed by atoms with Crippen LogP contribution >= 0.6 is 23.2 Å². The zero-order valence-corrected chi connectivity index (χ0v) is 13.3. The first-order valence-electron chi connectivity index (χ1n) is 6.93. The highest BCUT2D eigenvalue weighted by atomic mass is 35.5. The molecule has 1 amide bonds. The number of likely N-dealkylation sites (N-methyl/N-ethyl adjacent to an activating group) is 1. The third-order valence-electron chi connectivity index (χ3n) is 3.69. The first-order valence-corrected chi connectivity index (χ1v) is 7.68. The summed E-state index contributed by atoms with van der Waals surface area (Å²) in [5.41, 5.74) is 0.511. The van der Waals surface area contributed by atoms with Crippen molar-refractivity contribution in [1.29, 1.82) is 0 Å². The molecule has 0 spiro atoms. The van der Waals surface area contributed by atoms with E-state index in [1.54, 1.807) is 25.2 Å². The summed E-state index contributed by atoms with van der Waals surface area (Å²) >= 11 is 11.8. The summed E-state index contributed by atoms with van der Waals surface area (Å²) in [4.78, 5) is 13.5. The molecule has 0 aromatic heterocycles. The highest BCUT2D eigenvalue weighted by Crippen LogP contribution is 2.33. The Morgan fingerprint density at radius 2 is 1.86 bits per heavy atom. The Morgan fingerprint density at radius 3 is 2.38 bits per heavy atom. The Morgan fingerprint density at radius 1 is 1.29 bits per heavy atom. The fourth-order valence-corrected chi connectivity index (χ4v) is 2.76. The largest absolute Gasteiger partial charge is 0.391 e. The Hall–Kier alpha value is -0.810. The molecular weight excluding hydrogens is 313 g/mol. The third kappa shape index (κ3) is 4.85. The van der Waals surface area contributed by atoms with Crippen LogP contribution in [-0.2, 0) is 4.79 Å². The topological polar surface area (TPSA) is 60.8 Å². The first-order chi connectivity index (χ1) is 9.86. The van der Waals surface area contributed by atoms with Crippen LogP contribution in [0.1, 0.15) is 30.9 Å². The smallest absolute Gasteiger partial charge is 0.225 e. The van der Waals surface area contributed by atoms with E-state index in [0.717, 1.165) is 12.8 Å². The molecule has 4 nitrogen and oxygen atoms in total. The van der Waals surface area contributed by atoms with Gasteiger partial charge < -0.3 is 15.1 Å². The van der Waals surface area contributed by atoms with Gasteiger partial charge in [0.15, 0.2) is 0 Å². The molecule has 0 saturated heterocycles. The number of halogens is 2. The van der Waals surface area contributed by atoms with Gasteiger partial charge in [-0.1, -0.05) is 23.2 Å². The number of nitrogens with zero attached hydrogens (tertiary/aromatic N) is 1. The van der Waals surface area contributed by atoms with Gasteiger partial charge in [-0.15, -0.1) is 0 Å². The monoisotopic (exact) mass is 331 g/mol. The van der Waals surface area contributed by atoms with Crippen LogP contribution in [0.4, 0.5) is 0 Å². The maximum absolute atomic E-state index is 12.1. The van der Waals surface area contributed by atoms with Crippen molar-refractivity contribution in [1.82, 2.24) is 4.90 Å². The third-order valence-corrected chi connectivity index (χ3v) is 4.13. The molecule has 0 radical (unpaired) electrons. The molecule has 2 N–H and O–H groups in total. The summed E-state index contributed by atoms with van der Waals surface area (Å²) in [7, 11) is 1.63. The second-order valence-corrected chi connectivity index (χ2v) is 6.47. The maximum atomic E-state index is 12.1. The van der Waals surface area contributed by atoms with Gasteiger partial charge in [-0.05, 0) is 42.5 Å². The molecule has 0 bridgehead atoms. The van der Waals surface area contributed by atoms with Crippen molar-refractivity contribution in [3.8, 4) is 0 Å². The minimum absolute atomic E-state index is 0.0649. The van der Waals surface area contributed by atoms with Crippen LogP contribution < -0.4 is 0 Å². The van der Waals surface area contributed by atoms with Gasteiger partial charge in [0, 0.05) is 23.6 Å². The second-order valence-electron chi connectivity index (χ2n) is 5.60. The summed E-state index contributed by atoms with van der Waals surface area (Å²) in [5.74, 6) is 0.0928. The highest BCUT2D eigenvalue weighted by molar-refractivity contribution is 6.34. The predicted molar refractivity (Wildman–Crippen MR) is 82.4 cm³/mol. The number of aliphatic hydroxyl groups excluding tert-OH is 2. The number of aliphatic hydroxyl groups is 2. The van der Waals surface area contributed by atoms with Gasteiger partial charge in [0.25, 0.3) is 0 Å². The van der Waals surface area contributed by atoms with E-state index in [-0.39, 0.29) is 12.3 Å². The van der Waals surface area contributed by atoms with Crippen molar-refractivity contribution in [2.24, 2.45) is 5.92 Å². The lowest BCUT2D eigenvalue weighted by Gasteiger charge is -2.22. The van der Waals surface area contributed by atoms with Crippen LogP contribution in [0.5, 0.6) is 0 Å². The van der Waals surface area contributed by atoms with E-state index in [4.69, 9.17) is 23.2 Å². The van der Waals surface area contributed by atoms with Gasteiger partial charge in [0.2, 0.25) is 5.91 Å². The molecule has 2 atom stereocenters. The molecular formula is C15H19Cl2NO3. The first kappa shape index (κ1) is 16.6. The van der Waals surface area contributed by atoms with Crippen LogP contribution in [-0.4, -0.2) is 40.7 Å². The van der Waals surface area contributed by atoms with Gasteiger partial charge >= 0.3 is 0 Å². The Labute approximate surface area is 134 Å². The fraction of sp³-hybridized carbons (Fsp3) is 0.533. The van der Waals surface area contributed by atoms with Gasteiger partial charge in [-0.25, -0.2) is 0 Å². The lowest BCUT2D eigenvalue weighted by Crippen LogP contribution is -2.35. The minimum Gasteiger partial charge on any atom is -0.391 e. The summed E-state index contributed by atoms with van der Waals surface area (Å²) < 4.78 is 0. The van der Waals surface area contributed by atoms with E-state index in [1.165, 1.54) is 4.90 Å². The van der Waals surface area contributed by atoms with Crippen molar-refractivity contribution in [2.75, 3.05) is 13.6 Å². The average molecular weight is 332 g/mol. The van der Waals surface area contributed by atoms with Crippen LogP contribution in [0.3, 0.4) is 0 Å². The Balaban J connectivity index is 1.91. The molecule has 0 aliphatic heterocycles. The molecule has 1 aliphatic carbocycles. The molecule has 0 heterocycles. The number of carbonyl (C=O) groups is 1. The summed E-state index contributed by atoms with van der Waals surface area (Å²) in [6.45, 7) is 0.298. The lowest BCUT2D eigenvalue weighted by molar-refractivity contribution is -0.133. The molecule has 2 rings (SSSR count). The molecule has 1 aliphatic rings. The Bertz CT molecular complexity index is 499. The average Bonchev–Trinajstić information content (AvgIpc) is 3.21. The number of rotatable bonds is 6. The number of hydrogen-bond acceptors (Lipinski definition) is 3. The molecule has 21 heavy (non-hydrogen) atoms. The summed E-state index contributed by atoms with van der Waals surface area (Å²) in [5, 5.41) is 20.8. The molecule has 6 heteroatoms. The molecule has 2 unspecified atom stereocenters. The van der Waals surface area contributed by atoms with E-state index in [1.807, 2.05) is 0 Å². The molecule has 1 saturated carbocycles. The van der Waals surface area contributed by atoms with Crippen molar-refractivity contribution in [2.45, 2.75) is 31.5 Å². The van der Waals surface area contributed by atoms with E-state index >= 15 is 0 Å². The quantitative estimate of drug-likeness (QED) is 0.842. The van der Waals surface area contributed by atoms with E-state index in [0.29, 0.717) is 28.1 Å². The molecule has 1 aromatic carbocycles. The van der Waals surface area contributed by atoms with Crippen LogP contribution in [0.25, 0.3) is 0 Å². The number of benzene rings is 1. The summed E-state index contributed by atoms with van der Waals surface area (Å²) in [6.07, 6.45) is 0.537. The fourth-order valence-electron chi connectivity index (χ4n) is 2.22. The minimum atomic E-state index is -0.964. The normalized spacial score (nSPS) is 17.4. The molecule has 116 valence electrons. The number of carbonyl (C=O) groups excluding carboxylic acids is 1. The zero-order chi connectivity index (χ0) is 15.6. The second kappa shape index (κ2) is 6.97. The van der Waals surface area contributed by atoms with Gasteiger partial charge in [-0.3, -0.25) is 4.79 Å². The van der Waals surface area contributed by atoms with Gasteiger partial charge in [0.1, 0.15) is 0 Å². The molecule has 1 aromatic rings. The van der Waals surface area contributed by atoms with E-state index < -0.39 is 12.2 Å². The van der Waals surface area contributed by atoms with Crippen molar-refractivity contribution in [3.63, 3.8) is 0 Å². The zero-order valence-electron chi connectivity index (χ0n) is 11.8. The standard InChI is InChI=1S/C15H19Cl2NO3/c1-18(8-14(20)9-2-3-9)15(21)7-13(19)10-4-11(16)6-12(17)5-10/h4-6,9,13-14,19-20H,2-3,7-8H2,1H3. The SMILES string of the molecule is CN(CC(O)C1CC1)C(=O)CC(O)c1cc(Cl)cc(Cl)c1. The number of hydrogen-bond donors (Lipinski definition) is 2. The van der Waals surface area contributed by atoms with Gasteiger partial charge in [0.05, 0.1) is 18.6 Å². The van der Waals surface area contributed by atoms with Gasteiger partial charge in [-0.2, -0.15) is 0 Å². The van der Waals surface area contributed by atoms with Crippen molar-refractivity contribution in [3.05, 3.63) is 33.8 Å².